The summed E-state index contributed by atoms with van der Waals surface area (Å²) < 4.78 is 9.78. The first-order chi connectivity index (χ1) is 10.0. The van der Waals surface area contributed by atoms with Gasteiger partial charge in [-0.3, -0.25) is 10.1 Å². The maximum absolute atomic E-state index is 11.3. The molecule has 0 saturated carbocycles. The van der Waals surface area contributed by atoms with Crippen LogP contribution in [0.5, 0.6) is 0 Å². The molecule has 0 radical (unpaired) electrons. The van der Waals surface area contributed by atoms with Gasteiger partial charge in [0.1, 0.15) is 17.7 Å². The monoisotopic (exact) mass is 290 g/mol. The van der Waals surface area contributed by atoms with Crippen molar-refractivity contribution < 1.29 is 18.9 Å². The minimum atomic E-state index is -0.494. The molecule has 2 rings (SSSR count). The van der Waals surface area contributed by atoms with Gasteiger partial charge in [0.05, 0.1) is 24.1 Å². The predicted octanol–water partition coefficient (Wildman–Crippen LogP) is 2.89. The zero-order valence-electron chi connectivity index (χ0n) is 11.6. The fourth-order valence-corrected chi connectivity index (χ4v) is 1.83. The van der Waals surface area contributed by atoms with E-state index in [0.717, 1.165) is 5.56 Å². The third-order valence-electron chi connectivity index (χ3n) is 2.88. The zero-order valence-corrected chi connectivity index (χ0v) is 11.6. The average Bonchev–Trinajstić information content (AvgIpc) is 2.93. The fourth-order valence-electron chi connectivity index (χ4n) is 1.83. The van der Waals surface area contributed by atoms with Crippen molar-refractivity contribution >= 4 is 17.3 Å². The highest BCUT2D eigenvalue weighted by atomic mass is 16.6. The number of rotatable bonds is 5. The van der Waals surface area contributed by atoms with Crippen LogP contribution in [-0.4, -0.2) is 18.0 Å². The van der Waals surface area contributed by atoms with E-state index < -0.39 is 10.9 Å². The zero-order chi connectivity index (χ0) is 15.4. The van der Waals surface area contributed by atoms with Crippen molar-refractivity contribution in [3.8, 4) is 0 Å². The second-order valence-corrected chi connectivity index (χ2v) is 4.42. The van der Waals surface area contributed by atoms with Gasteiger partial charge in [-0.1, -0.05) is 6.07 Å². The van der Waals surface area contributed by atoms with E-state index >= 15 is 0 Å². The number of nitro groups is 1. The highest BCUT2D eigenvalue weighted by molar-refractivity contribution is 5.89. The van der Waals surface area contributed by atoms with Crippen LogP contribution in [0, 0.1) is 17.0 Å². The Hall–Kier alpha value is -2.83. The Balaban J connectivity index is 2.13. The normalized spacial score (nSPS) is 10.2. The average molecular weight is 290 g/mol. The topological polar surface area (TPSA) is 94.6 Å². The lowest BCUT2D eigenvalue weighted by molar-refractivity contribution is -0.384. The maximum Gasteiger partial charge on any atom is 0.341 e. The molecule has 7 heteroatoms. The molecular weight excluding hydrogens is 276 g/mol. The lowest BCUT2D eigenvalue weighted by Gasteiger charge is -2.06. The molecule has 21 heavy (non-hydrogen) atoms. The van der Waals surface area contributed by atoms with Crippen LogP contribution < -0.4 is 5.32 Å². The SMILES string of the molecule is COC(=O)c1coc(CNc2cc(C)ccc2[N+](=O)[O-])c1. The summed E-state index contributed by atoms with van der Waals surface area (Å²) in [7, 11) is 1.28. The molecule has 0 saturated heterocycles. The van der Waals surface area contributed by atoms with E-state index in [1.165, 1.54) is 25.5 Å². The van der Waals surface area contributed by atoms with Crippen LogP contribution in [0.3, 0.4) is 0 Å². The van der Waals surface area contributed by atoms with Crippen LogP contribution in [0.2, 0.25) is 0 Å². The molecule has 110 valence electrons. The summed E-state index contributed by atoms with van der Waals surface area (Å²) in [6, 6.07) is 6.33. The van der Waals surface area contributed by atoms with Crippen LogP contribution >= 0.6 is 0 Å². The van der Waals surface area contributed by atoms with Gasteiger partial charge in [-0.2, -0.15) is 0 Å². The van der Waals surface area contributed by atoms with E-state index in [4.69, 9.17) is 4.42 Å². The molecule has 2 aromatic rings. The molecule has 0 bridgehead atoms. The Morgan fingerprint density at radius 1 is 1.43 bits per heavy atom. The number of anilines is 1. The molecule has 1 aromatic carbocycles. The summed E-state index contributed by atoms with van der Waals surface area (Å²) >= 11 is 0. The smallest absolute Gasteiger partial charge is 0.341 e. The van der Waals surface area contributed by atoms with Crippen molar-refractivity contribution in [3.63, 3.8) is 0 Å². The summed E-state index contributed by atoms with van der Waals surface area (Å²) in [4.78, 5) is 21.8. The summed E-state index contributed by atoms with van der Waals surface area (Å²) in [5, 5.41) is 13.9. The number of hydrogen-bond acceptors (Lipinski definition) is 6. The first-order valence-electron chi connectivity index (χ1n) is 6.16. The largest absolute Gasteiger partial charge is 0.467 e. The molecule has 1 N–H and O–H groups in total. The molecule has 0 amide bonds. The molecule has 0 unspecified atom stereocenters. The van der Waals surface area contributed by atoms with E-state index in [1.807, 2.05) is 6.92 Å². The van der Waals surface area contributed by atoms with Crippen LogP contribution in [0.15, 0.2) is 34.9 Å². The quantitative estimate of drug-likeness (QED) is 0.517. The van der Waals surface area contributed by atoms with Crippen LogP contribution in [0.1, 0.15) is 21.7 Å². The number of benzene rings is 1. The molecular formula is C14H14N2O5. The summed E-state index contributed by atoms with van der Waals surface area (Å²) in [5.74, 6) is -0.0160. The summed E-state index contributed by atoms with van der Waals surface area (Å²) in [5.41, 5.74) is 1.59. The molecule has 7 nitrogen and oxygen atoms in total. The Kier molecular flexibility index (Phi) is 4.22. The fraction of sp³-hybridized carbons (Fsp3) is 0.214. The van der Waals surface area contributed by atoms with Gasteiger partial charge in [0.2, 0.25) is 0 Å². The summed E-state index contributed by atoms with van der Waals surface area (Å²) in [6.45, 7) is 2.07. The highest BCUT2D eigenvalue weighted by Crippen LogP contribution is 2.26. The number of nitro benzene ring substituents is 1. The maximum atomic E-state index is 11.3. The van der Waals surface area contributed by atoms with Gasteiger partial charge in [0.25, 0.3) is 5.69 Å². The van der Waals surface area contributed by atoms with E-state index in [2.05, 4.69) is 10.1 Å². The number of nitrogens with one attached hydrogen (secondary N) is 1. The lowest BCUT2D eigenvalue weighted by Crippen LogP contribution is -2.02. The van der Waals surface area contributed by atoms with E-state index in [1.54, 1.807) is 12.1 Å². The number of aryl methyl sites for hydroxylation is 1. The molecule has 0 spiro atoms. The van der Waals surface area contributed by atoms with Crippen LogP contribution in [0.25, 0.3) is 0 Å². The minimum absolute atomic E-state index is 0.0136. The van der Waals surface area contributed by atoms with Gasteiger partial charge >= 0.3 is 5.97 Å². The molecule has 0 atom stereocenters. The first-order valence-corrected chi connectivity index (χ1v) is 6.16. The number of furan rings is 1. The standard InChI is InChI=1S/C14H14N2O5/c1-9-3-4-13(16(18)19)12(5-9)15-7-11-6-10(8-21-11)14(17)20-2/h3-6,8,15H,7H2,1-2H3. The van der Waals surface area contributed by atoms with Crippen molar-refractivity contribution in [3.05, 3.63) is 57.5 Å². The number of ether oxygens (including phenoxy) is 1. The van der Waals surface area contributed by atoms with Crippen LogP contribution in [-0.2, 0) is 11.3 Å². The molecule has 0 fully saturated rings. The van der Waals surface area contributed by atoms with Gasteiger partial charge in [-0.25, -0.2) is 4.79 Å². The summed E-state index contributed by atoms with van der Waals surface area (Å²) in [6.07, 6.45) is 1.29. The van der Waals surface area contributed by atoms with Crippen molar-refractivity contribution in [2.75, 3.05) is 12.4 Å². The first kappa shape index (κ1) is 14.6. The predicted molar refractivity (Wildman–Crippen MR) is 75.2 cm³/mol. The Morgan fingerprint density at radius 2 is 2.19 bits per heavy atom. The van der Waals surface area contributed by atoms with E-state index in [9.17, 15) is 14.9 Å². The van der Waals surface area contributed by atoms with E-state index in [-0.39, 0.29) is 12.2 Å². The van der Waals surface area contributed by atoms with Gasteiger partial charge in [-0.05, 0) is 24.6 Å². The number of hydrogen-bond donors (Lipinski definition) is 1. The molecule has 0 aliphatic heterocycles. The molecule has 1 aromatic heterocycles. The number of carbonyl (C=O) groups excluding carboxylic acids is 1. The second-order valence-electron chi connectivity index (χ2n) is 4.42. The van der Waals surface area contributed by atoms with Gasteiger partial charge in [-0.15, -0.1) is 0 Å². The highest BCUT2D eigenvalue weighted by Gasteiger charge is 2.14. The number of methoxy groups -OCH3 is 1. The Labute approximate surface area is 120 Å². The molecule has 0 aliphatic rings. The van der Waals surface area contributed by atoms with Gasteiger partial charge < -0.3 is 14.5 Å². The minimum Gasteiger partial charge on any atom is -0.467 e. The van der Waals surface area contributed by atoms with E-state index in [0.29, 0.717) is 17.0 Å². The van der Waals surface area contributed by atoms with Crippen molar-refractivity contribution in [2.45, 2.75) is 13.5 Å². The molecule has 1 heterocycles. The Morgan fingerprint density at radius 3 is 2.86 bits per heavy atom. The van der Waals surface area contributed by atoms with Gasteiger partial charge in [0, 0.05) is 6.07 Å². The van der Waals surface area contributed by atoms with Crippen LogP contribution in [0.4, 0.5) is 11.4 Å². The van der Waals surface area contributed by atoms with Crippen molar-refractivity contribution in [1.82, 2.24) is 0 Å². The second kappa shape index (κ2) is 6.08. The van der Waals surface area contributed by atoms with Gasteiger partial charge in [0.15, 0.2) is 0 Å². The lowest BCUT2D eigenvalue weighted by atomic mass is 10.2. The third-order valence-corrected chi connectivity index (χ3v) is 2.88. The third kappa shape index (κ3) is 3.38. The number of nitrogens with zero attached hydrogens (tertiary/aromatic N) is 1. The number of esters is 1. The van der Waals surface area contributed by atoms with Crippen molar-refractivity contribution in [1.29, 1.82) is 0 Å². The Bertz CT molecular complexity index is 678. The van der Waals surface area contributed by atoms with Crippen molar-refractivity contribution in [2.24, 2.45) is 0 Å². The number of carbonyl (C=O) groups is 1. The molecule has 0 aliphatic carbocycles.